The Kier molecular flexibility index (Phi) is 7.06. The van der Waals surface area contributed by atoms with Crippen LogP contribution in [-0.4, -0.2) is 34.1 Å². The van der Waals surface area contributed by atoms with Crippen LogP contribution < -0.4 is 19.5 Å². The van der Waals surface area contributed by atoms with E-state index in [-0.39, 0.29) is 23.5 Å². The fourth-order valence-electron chi connectivity index (χ4n) is 2.18. The highest BCUT2D eigenvalue weighted by Gasteiger charge is 2.15. The second kappa shape index (κ2) is 9.27. The molecule has 0 radical (unpaired) electrons. The highest BCUT2D eigenvalue weighted by molar-refractivity contribution is 7.92. The van der Waals surface area contributed by atoms with Crippen molar-refractivity contribution in [1.82, 2.24) is 5.32 Å². The van der Waals surface area contributed by atoms with E-state index in [1.54, 1.807) is 24.3 Å². The summed E-state index contributed by atoms with van der Waals surface area (Å²) in [7, 11) is -2.24. The first-order valence-electron chi connectivity index (χ1n) is 8.53. The fraction of sp³-hybridized carbons (Fsp3) is 0.316. The number of rotatable bonds is 9. The Labute approximate surface area is 159 Å². The predicted octanol–water partition coefficient (Wildman–Crippen LogP) is 2.79. The van der Waals surface area contributed by atoms with Crippen molar-refractivity contribution in [1.29, 1.82) is 0 Å². The third-order valence-electron chi connectivity index (χ3n) is 3.85. The molecule has 8 heteroatoms. The second-order valence-electron chi connectivity index (χ2n) is 5.97. The number of nitrogens with one attached hydrogen (secondary N) is 2. The lowest BCUT2D eigenvalue weighted by molar-refractivity contribution is -0.123. The molecule has 0 aliphatic heterocycles. The smallest absolute Gasteiger partial charge is 0.261 e. The minimum Gasteiger partial charge on any atom is -0.497 e. The van der Waals surface area contributed by atoms with Gasteiger partial charge in [-0.2, -0.15) is 0 Å². The number of sulfonamides is 1. The molecular formula is C19H24N2O5S. The molecule has 0 heterocycles. The van der Waals surface area contributed by atoms with Crippen molar-refractivity contribution in [3.05, 3.63) is 48.5 Å². The van der Waals surface area contributed by atoms with Crippen LogP contribution in [0.1, 0.15) is 20.3 Å². The van der Waals surface area contributed by atoms with Gasteiger partial charge in [0.05, 0.1) is 17.7 Å². The van der Waals surface area contributed by atoms with Crippen LogP contribution in [0.5, 0.6) is 11.5 Å². The first-order chi connectivity index (χ1) is 12.8. The number of hydrogen-bond acceptors (Lipinski definition) is 5. The summed E-state index contributed by atoms with van der Waals surface area (Å²) in [5, 5.41) is 2.79. The van der Waals surface area contributed by atoms with Gasteiger partial charge in [-0.3, -0.25) is 9.52 Å². The molecule has 0 spiro atoms. The average molecular weight is 392 g/mol. The average Bonchev–Trinajstić information content (AvgIpc) is 2.66. The topological polar surface area (TPSA) is 93.7 Å². The van der Waals surface area contributed by atoms with Gasteiger partial charge in [0.15, 0.2) is 6.61 Å². The van der Waals surface area contributed by atoms with Crippen LogP contribution in [-0.2, 0) is 14.8 Å². The Balaban J connectivity index is 1.99. The second-order valence-corrected chi connectivity index (χ2v) is 7.66. The van der Waals surface area contributed by atoms with Gasteiger partial charge >= 0.3 is 0 Å². The van der Waals surface area contributed by atoms with E-state index in [1.165, 1.54) is 31.4 Å². The SMILES string of the molecule is CC[C@H](C)NC(=O)COc1ccc(S(=O)(=O)Nc2cccc(OC)c2)cc1. The summed E-state index contributed by atoms with van der Waals surface area (Å²) in [5.74, 6) is 0.741. The normalized spacial score (nSPS) is 12.1. The molecule has 146 valence electrons. The summed E-state index contributed by atoms with van der Waals surface area (Å²) in [6, 6.07) is 12.6. The monoisotopic (exact) mass is 392 g/mol. The Morgan fingerprint density at radius 3 is 2.44 bits per heavy atom. The number of anilines is 1. The molecule has 0 aliphatic rings. The number of amides is 1. The first-order valence-corrected chi connectivity index (χ1v) is 10.0. The van der Waals surface area contributed by atoms with Crippen molar-refractivity contribution < 1.29 is 22.7 Å². The van der Waals surface area contributed by atoms with Gasteiger partial charge in [-0.15, -0.1) is 0 Å². The molecule has 2 N–H and O–H groups in total. The summed E-state index contributed by atoms with van der Waals surface area (Å²) in [4.78, 5) is 11.8. The van der Waals surface area contributed by atoms with Crippen LogP contribution in [0, 0.1) is 0 Å². The highest BCUT2D eigenvalue weighted by Crippen LogP contribution is 2.22. The fourth-order valence-corrected chi connectivity index (χ4v) is 3.23. The van der Waals surface area contributed by atoms with Crippen LogP contribution in [0.2, 0.25) is 0 Å². The van der Waals surface area contributed by atoms with Crippen LogP contribution >= 0.6 is 0 Å². The van der Waals surface area contributed by atoms with Gasteiger partial charge in [0, 0.05) is 12.1 Å². The lowest BCUT2D eigenvalue weighted by atomic mass is 10.2. The van der Waals surface area contributed by atoms with E-state index in [1.807, 2.05) is 13.8 Å². The van der Waals surface area contributed by atoms with Crippen molar-refractivity contribution in [2.45, 2.75) is 31.2 Å². The minimum atomic E-state index is -3.75. The molecule has 0 aromatic heterocycles. The van der Waals surface area contributed by atoms with E-state index in [0.29, 0.717) is 17.2 Å². The van der Waals surface area contributed by atoms with E-state index in [2.05, 4.69) is 10.0 Å². The molecule has 2 rings (SSSR count). The van der Waals surface area contributed by atoms with Gasteiger partial charge < -0.3 is 14.8 Å². The van der Waals surface area contributed by atoms with Crippen molar-refractivity contribution >= 4 is 21.6 Å². The van der Waals surface area contributed by atoms with E-state index >= 15 is 0 Å². The molecule has 7 nitrogen and oxygen atoms in total. The quantitative estimate of drug-likeness (QED) is 0.684. The number of benzene rings is 2. The third-order valence-corrected chi connectivity index (χ3v) is 5.24. The molecule has 1 amide bonds. The minimum absolute atomic E-state index is 0.0799. The number of carbonyl (C=O) groups excluding carboxylic acids is 1. The van der Waals surface area contributed by atoms with Crippen LogP contribution in [0.4, 0.5) is 5.69 Å². The lowest BCUT2D eigenvalue weighted by Gasteiger charge is -2.12. The molecule has 0 saturated carbocycles. The number of carbonyl (C=O) groups is 1. The molecule has 1 atom stereocenters. The Morgan fingerprint density at radius 1 is 1.11 bits per heavy atom. The summed E-state index contributed by atoms with van der Waals surface area (Å²) in [6.45, 7) is 3.76. The van der Waals surface area contributed by atoms with E-state index in [0.717, 1.165) is 6.42 Å². The molecule has 0 aliphatic carbocycles. The zero-order chi connectivity index (χ0) is 19.9. The van der Waals surface area contributed by atoms with Crippen molar-refractivity contribution in [3.63, 3.8) is 0 Å². The zero-order valence-electron chi connectivity index (χ0n) is 15.6. The van der Waals surface area contributed by atoms with Crippen molar-refractivity contribution in [2.24, 2.45) is 0 Å². The van der Waals surface area contributed by atoms with Crippen LogP contribution in [0.25, 0.3) is 0 Å². The molecule has 2 aromatic carbocycles. The van der Waals surface area contributed by atoms with E-state index in [9.17, 15) is 13.2 Å². The lowest BCUT2D eigenvalue weighted by Crippen LogP contribution is -2.35. The molecule has 0 fully saturated rings. The van der Waals surface area contributed by atoms with Crippen molar-refractivity contribution in [2.75, 3.05) is 18.4 Å². The van der Waals surface area contributed by atoms with Crippen LogP contribution in [0.15, 0.2) is 53.4 Å². The highest BCUT2D eigenvalue weighted by atomic mass is 32.2. The summed E-state index contributed by atoms with van der Waals surface area (Å²) in [5.41, 5.74) is 0.399. The Morgan fingerprint density at radius 2 is 1.81 bits per heavy atom. The summed E-state index contributed by atoms with van der Waals surface area (Å²) < 4.78 is 37.9. The molecule has 0 saturated heterocycles. The third kappa shape index (κ3) is 6.18. The van der Waals surface area contributed by atoms with Gasteiger partial charge in [0.2, 0.25) is 0 Å². The van der Waals surface area contributed by atoms with E-state index in [4.69, 9.17) is 9.47 Å². The Bertz CT molecular complexity index is 866. The molecular weight excluding hydrogens is 368 g/mol. The van der Waals surface area contributed by atoms with Crippen LogP contribution in [0.3, 0.4) is 0 Å². The number of hydrogen-bond donors (Lipinski definition) is 2. The predicted molar refractivity (Wildman–Crippen MR) is 104 cm³/mol. The van der Waals surface area contributed by atoms with E-state index < -0.39 is 10.0 Å². The van der Waals surface area contributed by atoms with Gasteiger partial charge in [-0.05, 0) is 49.7 Å². The zero-order valence-corrected chi connectivity index (χ0v) is 16.4. The molecule has 0 unspecified atom stereocenters. The molecule has 2 aromatic rings. The maximum absolute atomic E-state index is 12.5. The number of methoxy groups -OCH3 is 1. The van der Waals surface area contributed by atoms with Gasteiger partial charge in [-0.1, -0.05) is 13.0 Å². The molecule has 27 heavy (non-hydrogen) atoms. The van der Waals surface area contributed by atoms with Gasteiger partial charge in [0.1, 0.15) is 11.5 Å². The maximum Gasteiger partial charge on any atom is 0.261 e. The summed E-state index contributed by atoms with van der Waals surface area (Å²) in [6.07, 6.45) is 0.832. The maximum atomic E-state index is 12.5. The standard InChI is InChI=1S/C19H24N2O5S/c1-4-14(2)20-19(22)13-26-16-8-10-18(11-9-16)27(23,24)21-15-6-5-7-17(12-15)25-3/h5-12,14,21H,4,13H2,1-3H3,(H,20,22)/t14-/m0/s1. The Hall–Kier alpha value is -2.74. The number of ether oxygens (including phenoxy) is 2. The molecule has 0 bridgehead atoms. The van der Waals surface area contributed by atoms with Gasteiger partial charge in [-0.25, -0.2) is 8.42 Å². The van der Waals surface area contributed by atoms with Crippen molar-refractivity contribution in [3.8, 4) is 11.5 Å². The van der Waals surface area contributed by atoms with Gasteiger partial charge in [0.25, 0.3) is 15.9 Å². The largest absolute Gasteiger partial charge is 0.497 e. The summed E-state index contributed by atoms with van der Waals surface area (Å²) >= 11 is 0. The first kappa shape index (κ1) is 20.6.